The Labute approximate surface area is 163 Å². The Bertz CT molecular complexity index is 859. The van der Waals surface area contributed by atoms with Crippen LogP contribution >= 0.6 is 0 Å². The van der Waals surface area contributed by atoms with Crippen LogP contribution in [-0.2, 0) is 9.59 Å². The zero-order valence-electron chi connectivity index (χ0n) is 15.9. The molecule has 3 N–H and O–H groups in total. The highest BCUT2D eigenvalue weighted by molar-refractivity contribution is 6.39. The molecule has 2 amide bonds. The van der Waals surface area contributed by atoms with Crippen molar-refractivity contribution in [2.75, 3.05) is 45.1 Å². The van der Waals surface area contributed by atoms with Gasteiger partial charge in [0.15, 0.2) is 0 Å². The third-order valence-electron chi connectivity index (χ3n) is 4.90. The third-order valence-corrected chi connectivity index (χ3v) is 4.90. The fourth-order valence-corrected chi connectivity index (χ4v) is 3.23. The third kappa shape index (κ3) is 5.05. The summed E-state index contributed by atoms with van der Waals surface area (Å²) in [7, 11) is 2.09. The van der Waals surface area contributed by atoms with E-state index in [2.05, 4.69) is 32.5 Å². The summed E-state index contributed by atoms with van der Waals surface area (Å²) in [5, 5.41) is 5.05. The Morgan fingerprint density at radius 2 is 1.79 bits per heavy atom. The standard InChI is InChI=1S/C20H25N5O3/c1-24-9-11-25(12-10-24)17(15-5-3-2-4-6-15)14-22-19(27)20(28)23-16-13-21-8-7-18(16)26/h2-8,13,17H,9-12,14H2,1H3,(H,21,26)(H,22,27)(H,23,28). The number of rotatable bonds is 5. The summed E-state index contributed by atoms with van der Waals surface area (Å²) in [4.78, 5) is 43.4. The van der Waals surface area contributed by atoms with Gasteiger partial charge in [-0.25, -0.2) is 0 Å². The van der Waals surface area contributed by atoms with Gasteiger partial charge in [-0.3, -0.25) is 19.3 Å². The van der Waals surface area contributed by atoms with E-state index in [9.17, 15) is 14.4 Å². The Morgan fingerprint density at radius 1 is 1.07 bits per heavy atom. The van der Waals surface area contributed by atoms with Crippen molar-refractivity contribution in [2.24, 2.45) is 0 Å². The second-order valence-electron chi connectivity index (χ2n) is 6.85. The summed E-state index contributed by atoms with van der Waals surface area (Å²) in [5.41, 5.74) is 0.771. The first kappa shape index (κ1) is 19.8. The van der Waals surface area contributed by atoms with Crippen molar-refractivity contribution in [2.45, 2.75) is 6.04 Å². The van der Waals surface area contributed by atoms with Crippen LogP contribution in [0.4, 0.5) is 5.69 Å². The van der Waals surface area contributed by atoms with E-state index in [0.717, 1.165) is 31.7 Å². The molecular weight excluding hydrogens is 358 g/mol. The normalized spacial score (nSPS) is 16.3. The average molecular weight is 383 g/mol. The quantitative estimate of drug-likeness (QED) is 0.650. The van der Waals surface area contributed by atoms with Gasteiger partial charge in [-0.2, -0.15) is 0 Å². The minimum atomic E-state index is -0.859. The number of aromatic amines is 1. The molecule has 0 bridgehead atoms. The summed E-state index contributed by atoms with van der Waals surface area (Å²) < 4.78 is 0. The largest absolute Gasteiger partial charge is 0.366 e. The number of amides is 2. The number of carbonyl (C=O) groups is 2. The van der Waals surface area contributed by atoms with Crippen molar-refractivity contribution in [3.05, 3.63) is 64.6 Å². The summed E-state index contributed by atoms with van der Waals surface area (Å²) in [5.74, 6) is -1.62. The number of hydrogen-bond donors (Lipinski definition) is 3. The van der Waals surface area contributed by atoms with Gasteiger partial charge in [0.2, 0.25) is 5.43 Å². The number of benzene rings is 1. The molecule has 0 saturated carbocycles. The van der Waals surface area contributed by atoms with Crippen molar-refractivity contribution in [3.63, 3.8) is 0 Å². The minimum Gasteiger partial charge on any atom is -0.366 e. The van der Waals surface area contributed by atoms with Crippen LogP contribution in [0.3, 0.4) is 0 Å². The summed E-state index contributed by atoms with van der Waals surface area (Å²) in [6.45, 7) is 3.99. The van der Waals surface area contributed by atoms with E-state index in [1.54, 1.807) is 0 Å². The summed E-state index contributed by atoms with van der Waals surface area (Å²) in [6, 6.07) is 11.2. The molecule has 28 heavy (non-hydrogen) atoms. The zero-order valence-corrected chi connectivity index (χ0v) is 15.9. The molecule has 0 aliphatic carbocycles. The maximum Gasteiger partial charge on any atom is 0.313 e. The van der Waals surface area contributed by atoms with Crippen molar-refractivity contribution < 1.29 is 9.59 Å². The van der Waals surface area contributed by atoms with E-state index in [4.69, 9.17) is 0 Å². The topological polar surface area (TPSA) is 97.5 Å². The molecule has 1 saturated heterocycles. The molecule has 148 valence electrons. The Balaban J connectivity index is 1.64. The lowest BCUT2D eigenvalue weighted by Gasteiger charge is -2.38. The number of carbonyl (C=O) groups excluding carboxylic acids is 2. The molecule has 2 aromatic rings. The molecule has 8 nitrogen and oxygen atoms in total. The highest BCUT2D eigenvalue weighted by Gasteiger charge is 2.25. The molecule has 8 heteroatoms. The Hall–Kier alpha value is -2.97. The van der Waals surface area contributed by atoms with Gasteiger partial charge in [0.25, 0.3) is 0 Å². The van der Waals surface area contributed by atoms with Crippen LogP contribution in [0.1, 0.15) is 11.6 Å². The second-order valence-corrected chi connectivity index (χ2v) is 6.85. The molecular formula is C20H25N5O3. The van der Waals surface area contributed by atoms with Gasteiger partial charge >= 0.3 is 11.8 Å². The highest BCUT2D eigenvalue weighted by atomic mass is 16.2. The van der Waals surface area contributed by atoms with E-state index in [1.165, 1.54) is 18.5 Å². The van der Waals surface area contributed by atoms with Crippen molar-refractivity contribution in [1.29, 1.82) is 0 Å². The van der Waals surface area contributed by atoms with Gasteiger partial charge in [-0.15, -0.1) is 0 Å². The number of nitrogens with one attached hydrogen (secondary N) is 3. The second kappa shape index (κ2) is 9.29. The highest BCUT2D eigenvalue weighted by Crippen LogP contribution is 2.21. The van der Waals surface area contributed by atoms with E-state index < -0.39 is 11.8 Å². The smallest absolute Gasteiger partial charge is 0.313 e. The number of aromatic nitrogens is 1. The lowest BCUT2D eigenvalue weighted by atomic mass is 10.0. The molecule has 0 radical (unpaired) electrons. The number of H-pyrrole nitrogens is 1. The van der Waals surface area contributed by atoms with Gasteiger partial charge in [0.05, 0.1) is 6.04 Å². The molecule has 1 atom stereocenters. The van der Waals surface area contributed by atoms with Crippen molar-refractivity contribution in [3.8, 4) is 0 Å². The molecule has 0 spiro atoms. The fraction of sp³-hybridized carbons (Fsp3) is 0.350. The Morgan fingerprint density at radius 3 is 2.46 bits per heavy atom. The van der Waals surface area contributed by atoms with Crippen molar-refractivity contribution >= 4 is 17.5 Å². The molecule has 2 heterocycles. The molecule has 1 unspecified atom stereocenters. The first-order valence-electron chi connectivity index (χ1n) is 9.28. The van der Waals surface area contributed by atoms with Gasteiger partial charge in [0.1, 0.15) is 5.69 Å². The van der Waals surface area contributed by atoms with Crippen LogP contribution in [0.25, 0.3) is 0 Å². The van der Waals surface area contributed by atoms with Crippen LogP contribution in [0.5, 0.6) is 0 Å². The maximum absolute atomic E-state index is 12.3. The van der Waals surface area contributed by atoms with Gasteiger partial charge in [-0.05, 0) is 12.6 Å². The first-order valence-corrected chi connectivity index (χ1v) is 9.28. The molecule has 1 aliphatic rings. The Kier molecular flexibility index (Phi) is 6.57. The number of pyridine rings is 1. The predicted molar refractivity (Wildman–Crippen MR) is 107 cm³/mol. The lowest BCUT2D eigenvalue weighted by Crippen LogP contribution is -2.49. The number of anilines is 1. The number of likely N-dealkylation sites (N-methyl/N-ethyl adjacent to an activating group) is 1. The minimum absolute atomic E-state index is 0.0215. The molecule has 1 fully saturated rings. The first-order chi connectivity index (χ1) is 13.5. The molecule has 1 aromatic heterocycles. The summed E-state index contributed by atoms with van der Waals surface area (Å²) in [6.07, 6.45) is 2.81. The van der Waals surface area contributed by atoms with Gasteiger partial charge in [-0.1, -0.05) is 30.3 Å². The van der Waals surface area contributed by atoms with E-state index >= 15 is 0 Å². The summed E-state index contributed by atoms with van der Waals surface area (Å²) >= 11 is 0. The molecule has 1 aliphatic heterocycles. The van der Waals surface area contributed by atoms with Gasteiger partial charge < -0.3 is 20.5 Å². The monoisotopic (exact) mass is 383 g/mol. The maximum atomic E-state index is 12.3. The molecule has 3 rings (SSSR count). The van der Waals surface area contributed by atoms with Crippen LogP contribution in [-0.4, -0.2) is 66.4 Å². The van der Waals surface area contributed by atoms with Crippen molar-refractivity contribution in [1.82, 2.24) is 20.1 Å². The fourth-order valence-electron chi connectivity index (χ4n) is 3.23. The zero-order chi connectivity index (χ0) is 19.9. The average Bonchev–Trinajstić information content (AvgIpc) is 2.71. The van der Waals surface area contributed by atoms with E-state index in [0.29, 0.717) is 6.54 Å². The van der Waals surface area contributed by atoms with Crippen LogP contribution in [0.15, 0.2) is 53.6 Å². The SMILES string of the molecule is CN1CCN(C(CNC(=O)C(=O)Nc2c[nH]ccc2=O)c2ccccc2)CC1. The number of nitrogens with zero attached hydrogens (tertiary/aromatic N) is 2. The van der Waals surface area contributed by atoms with E-state index in [-0.39, 0.29) is 17.2 Å². The molecule has 1 aromatic carbocycles. The lowest BCUT2D eigenvalue weighted by molar-refractivity contribution is -0.136. The van der Waals surface area contributed by atoms with Crippen LogP contribution < -0.4 is 16.1 Å². The predicted octanol–water partition coefficient (Wildman–Crippen LogP) is 0.418. The number of piperazine rings is 1. The van der Waals surface area contributed by atoms with Gasteiger partial charge in [0, 0.05) is 51.2 Å². The van der Waals surface area contributed by atoms with E-state index in [1.807, 2.05) is 30.3 Å². The van der Waals surface area contributed by atoms with Crippen LogP contribution in [0.2, 0.25) is 0 Å². The number of hydrogen-bond acceptors (Lipinski definition) is 5. The van der Waals surface area contributed by atoms with Crippen LogP contribution in [0, 0.1) is 0 Å².